The van der Waals surface area contributed by atoms with Crippen LogP contribution in [0.5, 0.6) is 0 Å². The van der Waals surface area contributed by atoms with Crippen molar-refractivity contribution in [2.75, 3.05) is 20.3 Å². The lowest BCUT2D eigenvalue weighted by Gasteiger charge is -2.40. The summed E-state index contributed by atoms with van der Waals surface area (Å²) in [6.07, 6.45) is 6.46. The summed E-state index contributed by atoms with van der Waals surface area (Å²) in [6.45, 7) is 9.48. The van der Waals surface area contributed by atoms with Crippen molar-refractivity contribution in [3.63, 3.8) is 0 Å². The van der Waals surface area contributed by atoms with Gasteiger partial charge in [-0.2, -0.15) is 0 Å². The first-order chi connectivity index (χ1) is 11.9. The van der Waals surface area contributed by atoms with Crippen molar-refractivity contribution in [1.82, 2.24) is 0 Å². The summed E-state index contributed by atoms with van der Waals surface area (Å²) in [5, 5.41) is 0. The lowest BCUT2D eigenvalue weighted by atomic mass is 9.89. The monoisotopic (exact) mass is 357 g/mol. The van der Waals surface area contributed by atoms with Gasteiger partial charge in [-0.3, -0.25) is 4.79 Å². The maximum Gasteiger partial charge on any atom is 0.320 e. The summed E-state index contributed by atoms with van der Waals surface area (Å²) < 4.78 is 17.1. The van der Waals surface area contributed by atoms with Gasteiger partial charge in [-0.1, -0.05) is 59.8 Å². The summed E-state index contributed by atoms with van der Waals surface area (Å²) in [4.78, 5) is 11.7. The number of ether oxygens (including phenoxy) is 3. The predicted molar refractivity (Wildman–Crippen MR) is 100 cm³/mol. The van der Waals surface area contributed by atoms with E-state index in [2.05, 4.69) is 27.7 Å². The molecule has 0 radical (unpaired) electrons. The Hall–Kier alpha value is -0.650. The van der Waals surface area contributed by atoms with E-state index in [1.54, 1.807) is 7.11 Å². The molecule has 0 bridgehead atoms. The van der Waals surface area contributed by atoms with Crippen LogP contribution in [0.1, 0.15) is 66.2 Å². The molecule has 0 aromatic heterocycles. The van der Waals surface area contributed by atoms with Gasteiger partial charge in [-0.25, -0.2) is 0 Å². The number of carbonyl (C=O) groups is 1. The molecule has 1 heterocycles. The maximum atomic E-state index is 11.7. The summed E-state index contributed by atoms with van der Waals surface area (Å²) in [5.41, 5.74) is 5.41. The van der Waals surface area contributed by atoms with E-state index in [1.165, 1.54) is 25.7 Å². The van der Waals surface area contributed by atoms with E-state index in [-0.39, 0.29) is 30.8 Å². The van der Waals surface area contributed by atoms with Crippen LogP contribution in [0.25, 0.3) is 0 Å². The second-order valence-corrected chi connectivity index (χ2v) is 8.07. The highest BCUT2D eigenvalue weighted by molar-refractivity contribution is 5.71. The number of hydrogen-bond acceptors (Lipinski definition) is 5. The minimum Gasteiger partial charge on any atom is -0.456 e. The number of methoxy groups -OCH3 is 1. The molecule has 148 valence electrons. The minimum absolute atomic E-state index is 0.0977. The van der Waals surface area contributed by atoms with Gasteiger partial charge in [0.15, 0.2) is 6.10 Å². The second kappa shape index (κ2) is 11.9. The quantitative estimate of drug-likeness (QED) is 0.573. The molecule has 1 saturated heterocycles. The van der Waals surface area contributed by atoms with E-state index in [1.807, 2.05) is 0 Å². The molecule has 25 heavy (non-hydrogen) atoms. The molecule has 0 saturated carbocycles. The van der Waals surface area contributed by atoms with Crippen molar-refractivity contribution in [1.29, 1.82) is 0 Å². The lowest BCUT2D eigenvalue weighted by Crippen LogP contribution is -2.52. The zero-order chi connectivity index (χ0) is 18.8. The van der Waals surface area contributed by atoms with Gasteiger partial charge in [0.25, 0.3) is 0 Å². The fraction of sp³-hybridized carbons (Fsp3) is 0.950. The van der Waals surface area contributed by atoms with Gasteiger partial charge < -0.3 is 19.9 Å². The zero-order valence-electron chi connectivity index (χ0n) is 16.8. The molecule has 5 heteroatoms. The van der Waals surface area contributed by atoms with E-state index in [4.69, 9.17) is 19.9 Å². The molecular formula is C20H39NO4. The Morgan fingerprint density at radius 2 is 1.84 bits per heavy atom. The molecule has 0 spiro atoms. The van der Waals surface area contributed by atoms with Gasteiger partial charge in [0.2, 0.25) is 0 Å². The fourth-order valence-electron chi connectivity index (χ4n) is 3.64. The minimum atomic E-state index is -0.392. The van der Waals surface area contributed by atoms with Crippen LogP contribution in [0.2, 0.25) is 0 Å². The summed E-state index contributed by atoms with van der Waals surface area (Å²) in [5.74, 6) is 1.32. The molecule has 5 nitrogen and oxygen atoms in total. The molecule has 5 atom stereocenters. The van der Waals surface area contributed by atoms with Gasteiger partial charge in [-0.15, -0.1) is 0 Å². The van der Waals surface area contributed by atoms with Crippen LogP contribution in [-0.4, -0.2) is 44.5 Å². The average molecular weight is 358 g/mol. The van der Waals surface area contributed by atoms with E-state index in [0.29, 0.717) is 6.61 Å². The summed E-state index contributed by atoms with van der Waals surface area (Å²) in [7, 11) is 1.67. The van der Waals surface area contributed by atoms with Crippen LogP contribution in [0.4, 0.5) is 0 Å². The molecule has 0 aromatic rings. The van der Waals surface area contributed by atoms with E-state index >= 15 is 0 Å². The summed E-state index contributed by atoms with van der Waals surface area (Å²) >= 11 is 0. The fourth-order valence-corrected chi connectivity index (χ4v) is 3.64. The Bertz CT molecular complexity index is 375. The third-order valence-corrected chi connectivity index (χ3v) is 5.19. The van der Waals surface area contributed by atoms with Crippen LogP contribution in [0.15, 0.2) is 0 Å². The third kappa shape index (κ3) is 8.06. The second-order valence-electron chi connectivity index (χ2n) is 8.07. The molecule has 1 aliphatic rings. The van der Waals surface area contributed by atoms with Crippen LogP contribution in [0, 0.1) is 17.8 Å². The molecular weight excluding hydrogens is 318 g/mol. The first-order valence-electron chi connectivity index (χ1n) is 9.92. The Morgan fingerprint density at radius 3 is 2.44 bits per heavy atom. The topological polar surface area (TPSA) is 70.8 Å². The van der Waals surface area contributed by atoms with Gasteiger partial charge in [0, 0.05) is 13.0 Å². The Morgan fingerprint density at radius 1 is 1.16 bits per heavy atom. The molecule has 1 aliphatic heterocycles. The predicted octanol–water partition coefficient (Wildman–Crippen LogP) is 3.54. The van der Waals surface area contributed by atoms with Gasteiger partial charge >= 0.3 is 5.97 Å². The van der Waals surface area contributed by atoms with E-state index < -0.39 is 5.97 Å². The Balaban J connectivity index is 2.46. The smallest absolute Gasteiger partial charge is 0.320 e. The molecule has 0 aromatic carbocycles. The molecule has 1 rings (SSSR count). The number of nitrogens with two attached hydrogens (primary N) is 1. The molecule has 5 unspecified atom stereocenters. The van der Waals surface area contributed by atoms with Gasteiger partial charge in [0.05, 0.1) is 19.3 Å². The average Bonchev–Trinajstić information content (AvgIpc) is 2.56. The van der Waals surface area contributed by atoms with Crippen LogP contribution < -0.4 is 5.73 Å². The Kier molecular flexibility index (Phi) is 10.6. The summed E-state index contributed by atoms with van der Waals surface area (Å²) in [6, 6.07) is 0. The van der Waals surface area contributed by atoms with Crippen molar-refractivity contribution in [3.8, 4) is 0 Å². The van der Waals surface area contributed by atoms with Crippen molar-refractivity contribution in [3.05, 3.63) is 0 Å². The third-order valence-electron chi connectivity index (χ3n) is 5.19. The largest absolute Gasteiger partial charge is 0.456 e. The van der Waals surface area contributed by atoms with Crippen molar-refractivity contribution < 1.29 is 19.0 Å². The molecule has 2 N–H and O–H groups in total. The number of rotatable bonds is 11. The van der Waals surface area contributed by atoms with Crippen LogP contribution in [-0.2, 0) is 19.0 Å². The van der Waals surface area contributed by atoms with Crippen molar-refractivity contribution in [2.24, 2.45) is 23.5 Å². The zero-order valence-corrected chi connectivity index (χ0v) is 16.8. The first kappa shape index (κ1) is 22.4. The number of carbonyl (C=O) groups excluding carboxylic acids is 1. The highest BCUT2D eigenvalue weighted by Gasteiger charge is 2.41. The highest BCUT2D eigenvalue weighted by atomic mass is 16.6. The normalized spacial score (nSPS) is 28.1. The van der Waals surface area contributed by atoms with Crippen molar-refractivity contribution >= 4 is 5.97 Å². The van der Waals surface area contributed by atoms with E-state index in [0.717, 1.165) is 24.7 Å². The van der Waals surface area contributed by atoms with Crippen LogP contribution in [0.3, 0.4) is 0 Å². The maximum absolute atomic E-state index is 11.7. The lowest BCUT2D eigenvalue weighted by molar-refractivity contribution is -0.199. The molecule has 0 aliphatic carbocycles. The van der Waals surface area contributed by atoms with Crippen LogP contribution >= 0.6 is 0 Å². The van der Waals surface area contributed by atoms with Gasteiger partial charge in [0.1, 0.15) is 6.10 Å². The SMILES string of the molecule is COC1C(C)COC(CCCC(C)CCCC(C)C)C1OC(=O)CN. The van der Waals surface area contributed by atoms with E-state index in [9.17, 15) is 4.79 Å². The number of esters is 1. The Labute approximate surface area is 154 Å². The number of hydrogen-bond donors (Lipinski definition) is 1. The molecule has 0 amide bonds. The first-order valence-corrected chi connectivity index (χ1v) is 9.92. The van der Waals surface area contributed by atoms with Crippen molar-refractivity contribution in [2.45, 2.75) is 84.5 Å². The standard InChI is InChI=1S/C20H39NO4/c1-14(2)8-6-9-15(3)10-7-11-17-20(25-18(22)12-21)19(23-5)16(4)13-24-17/h14-17,19-20H,6-13,21H2,1-5H3. The van der Waals surface area contributed by atoms with Gasteiger partial charge in [-0.05, 0) is 18.3 Å². The highest BCUT2D eigenvalue weighted by Crippen LogP contribution is 2.29. The molecule has 1 fully saturated rings.